The standard InChI is InChI=1S/C20H23N3O3S/c1-11-10-14(7-8-15(11)26-4)17-12(2)27-19-18(17)20(25)23(13(3)22-19)9-5-6-16(21)24/h7-8,10H,5-6,9H2,1-4H3,(H2,21,24). The van der Waals surface area contributed by atoms with Gasteiger partial charge in [-0.25, -0.2) is 4.98 Å². The van der Waals surface area contributed by atoms with Crippen LogP contribution in [-0.4, -0.2) is 22.6 Å². The van der Waals surface area contributed by atoms with Crippen molar-refractivity contribution in [1.29, 1.82) is 0 Å². The summed E-state index contributed by atoms with van der Waals surface area (Å²) in [5.41, 5.74) is 8.04. The minimum atomic E-state index is -0.365. The summed E-state index contributed by atoms with van der Waals surface area (Å²) >= 11 is 1.53. The van der Waals surface area contributed by atoms with Gasteiger partial charge in [-0.2, -0.15) is 0 Å². The number of thiophene rings is 1. The van der Waals surface area contributed by atoms with E-state index in [9.17, 15) is 9.59 Å². The van der Waals surface area contributed by atoms with Crippen LogP contribution in [0.4, 0.5) is 0 Å². The molecule has 0 bridgehead atoms. The molecule has 6 nitrogen and oxygen atoms in total. The van der Waals surface area contributed by atoms with E-state index in [0.717, 1.165) is 32.1 Å². The molecule has 0 saturated carbocycles. The Hall–Kier alpha value is -2.67. The summed E-state index contributed by atoms with van der Waals surface area (Å²) in [6, 6.07) is 5.92. The Bertz CT molecular complexity index is 1080. The number of aromatic nitrogens is 2. The molecular formula is C20H23N3O3S. The van der Waals surface area contributed by atoms with Crippen molar-refractivity contribution in [2.45, 2.75) is 40.2 Å². The van der Waals surface area contributed by atoms with Gasteiger partial charge in [0.05, 0.1) is 12.5 Å². The zero-order chi connectivity index (χ0) is 19.7. The summed E-state index contributed by atoms with van der Waals surface area (Å²) in [4.78, 5) is 30.7. The van der Waals surface area contributed by atoms with Crippen molar-refractivity contribution in [1.82, 2.24) is 9.55 Å². The number of hydrogen-bond acceptors (Lipinski definition) is 5. The lowest BCUT2D eigenvalue weighted by atomic mass is 10.0. The van der Waals surface area contributed by atoms with Crippen LogP contribution in [0.15, 0.2) is 23.0 Å². The number of nitrogens with zero attached hydrogens (tertiary/aromatic N) is 2. The summed E-state index contributed by atoms with van der Waals surface area (Å²) in [7, 11) is 1.64. The number of methoxy groups -OCH3 is 1. The first-order chi connectivity index (χ1) is 12.8. The Morgan fingerprint density at radius 3 is 2.67 bits per heavy atom. The Labute approximate surface area is 161 Å². The number of fused-ring (bicyclic) bond motifs is 1. The molecule has 0 radical (unpaired) electrons. The monoisotopic (exact) mass is 385 g/mol. The van der Waals surface area contributed by atoms with Crippen molar-refractivity contribution in [3.05, 3.63) is 44.8 Å². The Morgan fingerprint density at radius 2 is 2.04 bits per heavy atom. The van der Waals surface area contributed by atoms with Crippen molar-refractivity contribution >= 4 is 27.5 Å². The first-order valence-corrected chi connectivity index (χ1v) is 9.59. The van der Waals surface area contributed by atoms with Gasteiger partial charge in [0.25, 0.3) is 5.56 Å². The van der Waals surface area contributed by atoms with Crippen LogP contribution in [0, 0.1) is 20.8 Å². The first kappa shape index (κ1) is 19.1. The van der Waals surface area contributed by atoms with Crippen LogP contribution in [0.1, 0.15) is 29.1 Å². The van der Waals surface area contributed by atoms with E-state index in [1.54, 1.807) is 11.7 Å². The van der Waals surface area contributed by atoms with E-state index in [-0.39, 0.29) is 17.9 Å². The predicted molar refractivity (Wildman–Crippen MR) is 109 cm³/mol. The van der Waals surface area contributed by atoms with Gasteiger partial charge in [-0.05, 0) is 50.5 Å². The zero-order valence-electron chi connectivity index (χ0n) is 16.0. The number of aryl methyl sites for hydroxylation is 3. The van der Waals surface area contributed by atoms with Gasteiger partial charge in [0.15, 0.2) is 0 Å². The lowest BCUT2D eigenvalue weighted by Gasteiger charge is -2.11. The van der Waals surface area contributed by atoms with Crippen LogP contribution in [0.5, 0.6) is 5.75 Å². The van der Waals surface area contributed by atoms with Gasteiger partial charge in [0.1, 0.15) is 16.4 Å². The molecule has 2 heterocycles. The van der Waals surface area contributed by atoms with E-state index in [0.29, 0.717) is 24.2 Å². The van der Waals surface area contributed by atoms with Gasteiger partial charge in [-0.15, -0.1) is 11.3 Å². The molecule has 2 N–H and O–H groups in total. The van der Waals surface area contributed by atoms with Gasteiger partial charge in [0, 0.05) is 23.4 Å². The van der Waals surface area contributed by atoms with Gasteiger partial charge in [-0.3, -0.25) is 14.2 Å². The third kappa shape index (κ3) is 3.60. The van der Waals surface area contributed by atoms with Crippen molar-refractivity contribution in [3.8, 4) is 16.9 Å². The van der Waals surface area contributed by atoms with E-state index in [1.807, 2.05) is 39.0 Å². The molecule has 0 aliphatic carbocycles. The molecule has 0 atom stereocenters. The molecule has 27 heavy (non-hydrogen) atoms. The summed E-state index contributed by atoms with van der Waals surface area (Å²) in [5.74, 6) is 1.10. The van der Waals surface area contributed by atoms with Gasteiger partial charge < -0.3 is 10.5 Å². The second kappa shape index (κ2) is 7.52. The van der Waals surface area contributed by atoms with E-state index in [4.69, 9.17) is 10.5 Å². The minimum Gasteiger partial charge on any atom is -0.496 e. The average Bonchev–Trinajstić information content (AvgIpc) is 2.93. The number of nitrogens with two attached hydrogens (primary N) is 1. The number of hydrogen-bond donors (Lipinski definition) is 1. The fourth-order valence-electron chi connectivity index (χ4n) is 3.35. The smallest absolute Gasteiger partial charge is 0.262 e. The summed E-state index contributed by atoms with van der Waals surface area (Å²) < 4.78 is 6.98. The highest BCUT2D eigenvalue weighted by molar-refractivity contribution is 7.19. The van der Waals surface area contributed by atoms with Gasteiger partial charge in [0.2, 0.25) is 5.91 Å². The van der Waals surface area contributed by atoms with E-state index < -0.39 is 0 Å². The molecule has 3 rings (SSSR count). The number of benzene rings is 1. The Morgan fingerprint density at radius 1 is 1.30 bits per heavy atom. The molecule has 0 aliphatic heterocycles. The molecule has 2 aromatic heterocycles. The van der Waals surface area contributed by atoms with Crippen molar-refractivity contribution in [3.63, 3.8) is 0 Å². The molecule has 3 aromatic rings. The normalized spacial score (nSPS) is 11.1. The molecule has 0 saturated heterocycles. The quantitative estimate of drug-likeness (QED) is 0.705. The number of amides is 1. The van der Waals surface area contributed by atoms with Crippen molar-refractivity contribution in [2.75, 3.05) is 7.11 Å². The first-order valence-electron chi connectivity index (χ1n) is 8.77. The van der Waals surface area contributed by atoms with Crippen molar-refractivity contribution in [2.24, 2.45) is 5.73 Å². The van der Waals surface area contributed by atoms with Crippen LogP contribution < -0.4 is 16.0 Å². The van der Waals surface area contributed by atoms with Crippen LogP contribution in [0.3, 0.4) is 0 Å². The maximum atomic E-state index is 13.2. The maximum absolute atomic E-state index is 13.2. The Balaban J connectivity index is 2.16. The molecule has 0 aliphatic rings. The minimum absolute atomic E-state index is 0.0743. The fourth-order valence-corrected chi connectivity index (χ4v) is 4.43. The molecule has 7 heteroatoms. The number of ether oxygens (including phenoxy) is 1. The van der Waals surface area contributed by atoms with Crippen LogP contribution in [0.25, 0.3) is 21.3 Å². The molecule has 0 unspecified atom stereocenters. The highest BCUT2D eigenvalue weighted by Crippen LogP contribution is 2.37. The lowest BCUT2D eigenvalue weighted by Crippen LogP contribution is -2.24. The molecule has 142 valence electrons. The average molecular weight is 385 g/mol. The third-order valence-corrected chi connectivity index (χ3v) is 5.67. The molecule has 1 aromatic carbocycles. The molecule has 1 amide bonds. The molecule has 0 spiro atoms. The van der Waals surface area contributed by atoms with E-state index in [2.05, 4.69) is 4.98 Å². The van der Waals surface area contributed by atoms with Crippen LogP contribution >= 0.6 is 11.3 Å². The second-order valence-corrected chi connectivity index (χ2v) is 7.79. The lowest BCUT2D eigenvalue weighted by molar-refractivity contribution is -0.118. The SMILES string of the molecule is COc1ccc(-c2c(C)sc3nc(C)n(CCCC(N)=O)c(=O)c23)cc1C. The zero-order valence-corrected chi connectivity index (χ0v) is 16.8. The number of primary amides is 1. The highest BCUT2D eigenvalue weighted by Gasteiger charge is 2.19. The number of rotatable bonds is 6. The van der Waals surface area contributed by atoms with Crippen LogP contribution in [-0.2, 0) is 11.3 Å². The topological polar surface area (TPSA) is 87.2 Å². The fraction of sp³-hybridized carbons (Fsp3) is 0.350. The molecule has 0 fully saturated rings. The van der Waals surface area contributed by atoms with Crippen molar-refractivity contribution < 1.29 is 9.53 Å². The summed E-state index contributed by atoms with van der Waals surface area (Å²) in [5, 5.41) is 0.631. The number of carbonyl (C=O) groups excluding carboxylic acids is 1. The number of carbonyl (C=O) groups is 1. The molecular weight excluding hydrogens is 362 g/mol. The Kier molecular flexibility index (Phi) is 5.32. The second-order valence-electron chi connectivity index (χ2n) is 6.58. The summed E-state index contributed by atoms with van der Waals surface area (Å²) in [6.07, 6.45) is 0.764. The highest BCUT2D eigenvalue weighted by atomic mass is 32.1. The van der Waals surface area contributed by atoms with E-state index >= 15 is 0 Å². The summed E-state index contributed by atoms with van der Waals surface area (Å²) in [6.45, 7) is 6.23. The third-order valence-electron chi connectivity index (χ3n) is 4.67. The predicted octanol–water partition coefficient (Wildman–Crippen LogP) is 3.32. The van der Waals surface area contributed by atoms with Gasteiger partial charge >= 0.3 is 0 Å². The largest absolute Gasteiger partial charge is 0.496 e. The van der Waals surface area contributed by atoms with E-state index in [1.165, 1.54) is 11.3 Å². The van der Waals surface area contributed by atoms with Crippen LogP contribution in [0.2, 0.25) is 0 Å². The maximum Gasteiger partial charge on any atom is 0.262 e. The van der Waals surface area contributed by atoms with Gasteiger partial charge in [-0.1, -0.05) is 6.07 Å².